The van der Waals surface area contributed by atoms with Crippen LogP contribution in [0.25, 0.3) is 0 Å². The molecular formula is C27H37ClN3O2+. The minimum Gasteiger partial charge on any atom is -0.389 e. The van der Waals surface area contributed by atoms with Crippen molar-refractivity contribution in [2.45, 2.75) is 57.6 Å². The summed E-state index contributed by atoms with van der Waals surface area (Å²) in [6, 6.07) is 16.2. The number of aliphatic hydroxyl groups is 1. The number of anilines is 2. The Morgan fingerprint density at radius 3 is 2.45 bits per heavy atom. The van der Waals surface area contributed by atoms with Crippen molar-refractivity contribution < 1.29 is 14.8 Å². The summed E-state index contributed by atoms with van der Waals surface area (Å²) in [6.45, 7) is 7.48. The number of fused-ring (bicyclic) bond motifs is 1. The normalized spacial score (nSPS) is 27.0. The van der Waals surface area contributed by atoms with Crippen molar-refractivity contribution in [3.05, 3.63) is 59.1 Å². The van der Waals surface area contributed by atoms with Crippen molar-refractivity contribution in [2.24, 2.45) is 5.92 Å². The minimum absolute atomic E-state index is 0.00154. The number of likely N-dealkylation sites (tertiary alicyclic amines) is 1. The zero-order valence-corrected chi connectivity index (χ0v) is 20.6. The molecule has 2 fully saturated rings. The average molecular weight is 471 g/mol. The molecule has 2 aromatic carbocycles. The number of rotatable bonds is 7. The van der Waals surface area contributed by atoms with Gasteiger partial charge in [-0.05, 0) is 63.1 Å². The van der Waals surface area contributed by atoms with Crippen LogP contribution < -0.4 is 15.1 Å². The fourth-order valence-electron chi connectivity index (χ4n) is 5.95. The van der Waals surface area contributed by atoms with E-state index in [-0.39, 0.29) is 17.9 Å². The highest BCUT2D eigenvalue weighted by Crippen LogP contribution is 2.44. The van der Waals surface area contributed by atoms with Crippen LogP contribution in [-0.2, 0) is 4.79 Å². The van der Waals surface area contributed by atoms with Crippen molar-refractivity contribution >= 4 is 28.9 Å². The van der Waals surface area contributed by atoms with E-state index in [0.717, 1.165) is 57.4 Å². The number of amides is 1. The maximum absolute atomic E-state index is 13.0. The Morgan fingerprint density at radius 1 is 1.09 bits per heavy atom. The summed E-state index contributed by atoms with van der Waals surface area (Å²) in [6.07, 6.45) is 4.88. The first kappa shape index (κ1) is 24.1. The van der Waals surface area contributed by atoms with Gasteiger partial charge in [0.15, 0.2) is 6.54 Å². The molecule has 0 bridgehead atoms. The molecule has 1 amide bonds. The molecule has 0 radical (unpaired) electrons. The third kappa shape index (κ3) is 5.37. The Morgan fingerprint density at radius 2 is 1.79 bits per heavy atom. The summed E-state index contributed by atoms with van der Waals surface area (Å²) in [5.74, 6) is 0.177. The van der Waals surface area contributed by atoms with Crippen LogP contribution >= 0.6 is 11.6 Å². The van der Waals surface area contributed by atoms with Gasteiger partial charge in [-0.25, -0.2) is 0 Å². The molecule has 2 aromatic rings. The third-order valence-corrected chi connectivity index (χ3v) is 7.93. The smallest absolute Gasteiger partial charge is 0.279 e. The van der Waals surface area contributed by atoms with Crippen molar-refractivity contribution in [1.29, 1.82) is 0 Å². The van der Waals surface area contributed by atoms with E-state index in [1.165, 1.54) is 16.2 Å². The van der Waals surface area contributed by atoms with Gasteiger partial charge in [0.05, 0.1) is 12.1 Å². The third-order valence-electron chi connectivity index (χ3n) is 7.68. The van der Waals surface area contributed by atoms with Gasteiger partial charge in [-0.3, -0.25) is 4.79 Å². The zero-order chi connectivity index (χ0) is 23.4. The van der Waals surface area contributed by atoms with Crippen molar-refractivity contribution in [2.75, 3.05) is 36.4 Å². The maximum atomic E-state index is 13.0. The molecule has 1 heterocycles. The summed E-state index contributed by atoms with van der Waals surface area (Å²) >= 11 is 5.97. The Bertz CT molecular complexity index is 929. The van der Waals surface area contributed by atoms with E-state index >= 15 is 0 Å². The first-order valence-corrected chi connectivity index (χ1v) is 12.8. The zero-order valence-electron chi connectivity index (χ0n) is 19.8. The lowest BCUT2D eigenvalue weighted by atomic mass is 9.66. The summed E-state index contributed by atoms with van der Waals surface area (Å²) in [5, 5.41) is 15.2. The van der Waals surface area contributed by atoms with E-state index < -0.39 is 5.60 Å². The lowest BCUT2D eigenvalue weighted by Gasteiger charge is -2.50. The van der Waals surface area contributed by atoms with Gasteiger partial charge in [-0.15, -0.1) is 0 Å². The molecule has 0 spiro atoms. The number of halogens is 1. The molecule has 1 saturated carbocycles. The predicted octanol–water partition coefficient (Wildman–Crippen LogP) is 4.08. The quantitative estimate of drug-likeness (QED) is 0.571. The van der Waals surface area contributed by atoms with Crippen LogP contribution in [0.3, 0.4) is 0 Å². The number of nitrogens with one attached hydrogen (secondary N) is 2. The summed E-state index contributed by atoms with van der Waals surface area (Å²) in [4.78, 5) is 16.6. The Kier molecular flexibility index (Phi) is 7.62. The van der Waals surface area contributed by atoms with Gasteiger partial charge in [0.25, 0.3) is 5.91 Å². The molecule has 178 valence electrons. The standard InChI is InChI=1S/C27H36ClN3O2/c1-3-30(4-2)23-14-8-20(9-15-23)26-24-7-5-6-16-27(24,33)17-18-31(26)19-25(32)29-22-12-10-21(28)11-13-22/h8-15,24,26,33H,3-7,16-19H2,1-2H3,(H,29,32)/p+1/t24-,26+,27-/m1/s1. The van der Waals surface area contributed by atoms with Gasteiger partial charge in [0.2, 0.25) is 0 Å². The largest absolute Gasteiger partial charge is 0.389 e. The molecule has 3 N–H and O–H groups in total. The van der Waals surface area contributed by atoms with Crippen LogP contribution in [0.2, 0.25) is 5.02 Å². The number of nitrogens with zero attached hydrogens (tertiary/aromatic N) is 1. The van der Waals surface area contributed by atoms with Crippen LogP contribution in [0.15, 0.2) is 48.5 Å². The molecule has 6 heteroatoms. The average Bonchev–Trinajstić information content (AvgIpc) is 2.82. The van der Waals surface area contributed by atoms with Gasteiger partial charge in [0, 0.05) is 47.4 Å². The second kappa shape index (κ2) is 10.5. The molecule has 1 aliphatic heterocycles. The second-order valence-corrected chi connectivity index (χ2v) is 10.0. The van der Waals surface area contributed by atoms with E-state index in [1.54, 1.807) is 12.1 Å². The van der Waals surface area contributed by atoms with Crippen LogP contribution in [-0.4, -0.2) is 42.8 Å². The molecule has 5 nitrogen and oxygen atoms in total. The number of hydrogen-bond donors (Lipinski definition) is 3. The molecule has 4 atom stereocenters. The van der Waals surface area contributed by atoms with Crippen LogP contribution in [0, 0.1) is 5.92 Å². The number of benzene rings is 2. The van der Waals surface area contributed by atoms with E-state index in [4.69, 9.17) is 11.6 Å². The van der Waals surface area contributed by atoms with E-state index in [1.807, 2.05) is 12.1 Å². The summed E-state index contributed by atoms with van der Waals surface area (Å²) < 4.78 is 0. The molecule has 4 rings (SSSR count). The lowest BCUT2D eigenvalue weighted by molar-refractivity contribution is -0.937. The summed E-state index contributed by atoms with van der Waals surface area (Å²) in [5.41, 5.74) is 2.59. The first-order valence-electron chi connectivity index (χ1n) is 12.4. The number of carbonyl (C=O) groups excluding carboxylic acids is 1. The Balaban J connectivity index is 1.57. The van der Waals surface area contributed by atoms with Crippen LogP contribution in [0.4, 0.5) is 11.4 Å². The molecule has 1 aliphatic carbocycles. The second-order valence-electron chi connectivity index (χ2n) is 9.59. The van der Waals surface area contributed by atoms with E-state index in [2.05, 4.69) is 48.3 Å². The first-order chi connectivity index (χ1) is 15.9. The molecule has 1 saturated heterocycles. The SMILES string of the molecule is CCN(CC)c1ccc([C@H]2[C@H]3CCCC[C@@]3(O)CC[NH+]2CC(=O)Nc2ccc(Cl)cc2)cc1. The van der Waals surface area contributed by atoms with E-state index in [0.29, 0.717) is 11.6 Å². The number of piperidine rings is 1. The Labute approximate surface area is 202 Å². The number of quaternary nitrogens is 1. The monoisotopic (exact) mass is 470 g/mol. The van der Waals surface area contributed by atoms with Gasteiger partial charge < -0.3 is 20.2 Å². The molecule has 2 aliphatic rings. The highest BCUT2D eigenvalue weighted by molar-refractivity contribution is 6.30. The minimum atomic E-state index is -0.614. The summed E-state index contributed by atoms with van der Waals surface area (Å²) in [7, 11) is 0. The maximum Gasteiger partial charge on any atom is 0.279 e. The number of carbonyl (C=O) groups is 1. The fraction of sp³-hybridized carbons (Fsp3) is 0.519. The highest BCUT2D eigenvalue weighted by atomic mass is 35.5. The number of hydrogen-bond acceptors (Lipinski definition) is 3. The fourth-order valence-corrected chi connectivity index (χ4v) is 6.07. The Hall–Kier alpha value is -2.08. The molecular weight excluding hydrogens is 434 g/mol. The van der Waals surface area contributed by atoms with Gasteiger partial charge in [-0.2, -0.15) is 0 Å². The topological polar surface area (TPSA) is 57.0 Å². The van der Waals surface area contributed by atoms with Crippen molar-refractivity contribution in [1.82, 2.24) is 0 Å². The van der Waals surface area contributed by atoms with Gasteiger partial charge in [0.1, 0.15) is 6.04 Å². The van der Waals surface area contributed by atoms with Gasteiger partial charge >= 0.3 is 0 Å². The van der Waals surface area contributed by atoms with Crippen LogP contribution in [0.5, 0.6) is 0 Å². The van der Waals surface area contributed by atoms with Crippen molar-refractivity contribution in [3.63, 3.8) is 0 Å². The lowest BCUT2D eigenvalue weighted by Crippen LogP contribution is -3.16. The van der Waals surface area contributed by atoms with Crippen molar-refractivity contribution in [3.8, 4) is 0 Å². The van der Waals surface area contributed by atoms with E-state index in [9.17, 15) is 9.90 Å². The predicted molar refractivity (Wildman–Crippen MR) is 135 cm³/mol. The highest BCUT2D eigenvalue weighted by Gasteiger charge is 2.51. The van der Waals surface area contributed by atoms with Gasteiger partial charge in [-0.1, -0.05) is 36.6 Å². The molecule has 1 unspecified atom stereocenters. The molecule has 33 heavy (non-hydrogen) atoms. The molecule has 0 aromatic heterocycles. The van der Waals surface area contributed by atoms with Crippen LogP contribution in [0.1, 0.15) is 57.6 Å².